The first kappa shape index (κ1) is 14.4. The summed E-state index contributed by atoms with van der Waals surface area (Å²) < 4.78 is 0. The van der Waals surface area contributed by atoms with Gasteiger partial charge in [-0.25, -0.2) is 0 Å². The van der Waals surface area contributed by atoms with Gasteiger partial charge >= 0.3 is 0 Å². The molecule has 0 heterocycles. The summed E-state index contributed by atoms with van der Waals surface area (Å²) in [5, 5.41) is 20.1. The number of Topliss-reactive ketones (excluding diaryl/α,β-unsaturated/α-hetero) is 2. The molecule has 0 aromatic heterocycles. The molecule has 4 atom stereocenters. The van der Waals surface area contributed by atoms with Gasteiger partial charge in [0.1, 0.15) is 11.4 Å². The Hall–Kier alpha value is -1.00. The highest BCUT2D eigenvalue weighted by Gasteiger charge is 2.53. The SMILES string of the molecule is CC(C)C1=C[C@@H]2[C@H](C)CC(=O)[C@H]2[C@](O)(CO)CC1=O. The Kier molecular flexibility index (Phi) is 3.67. The predicted molar refractivity (Wildman–Crippen MR) is 70.3 cm³/mol. The molecule has 0 aromatic rings. The molecule has 0 amide bonds. The Bertz CT molecular complexity index is 437. The van der Waals surface area contributed by atoms with E-state index in [9.17, 15) is 19.8 Å². The maximum absolute atomic E-state index is 12.2. The van der Waals surface area contributed by atoms with Gasteiger partial charge in [0.15, 0.2) is 5.78 Å². The van der Waals surface area contributed by atoms with Crippen LogP contribution in [-0.2, 0) is 9.59 Å². The largest absolute Gasteiger partial charge is 0.393 e. The molecule has 0 aromatic carbocycles. The third-order valence-electron chi connectivity index (χ3n) is 4.55. The number of carbonyl (C=O) groups excluding carboxylic acids is 2. The quantitative estimate of drug-likeness (QED) is 0.785. The van der Waals surface area contributed by atoms with Crippen LogP contribution in [0.3, 0.4) is 0 Å². The minimum absolute atomic E-state index is 0.0388. The first-order chi connectivity index (χ1) is 8.80. The lowest BCUT2D eigenvalue weighted by molar-refractivity contribution is -0.139. The Morgan fingerprint density at radius 2 is 2.05 bits per heavy atom. The zero-order valence-electron chi connectivity index (χ0n) is 11.7. The normalized spacial score (nSPS) is 39.3. The molecule has 1 saturated carbocycles. The van der Waals surface area contributed by atoms with Gasteiger partial charge in [-0.05, 0) is 23.3 Å². The monoisotopic (exact) mass is 266 g/mol. The summed E-state index contributed by atoms with van der Waals surface area (Å²) in [6.45, 7) is 5.29. The van der Waals surface area contributed by atoms with Gasteiger partial charge in [0.05, 0.1) is 12.5 Å². The van der Waals surface area contributed by atoms with Crippen molar-refractivity contribution in [3.05, 3.63) is 11.6 Å². The zero-order valence-corrected chi connectivity index (χ0v) is 11.7. The molecule has 2 aliphatic carbocycles. The van der Waals surface area contributed by atoms with Gasteiger partial charge in [-0.15, -0.1) is 0 Å². The summed E-state index contributed by atoms with van der Waals surface area (Å²) in [7, 11) is 0. The van der Waals surface area contributed by atoms with E-state index >= 15 is 0 Å². The molecule has 0 unspecified atom stereocenters. The highest BCUT2D eigenvalue weighted by Crippen LogP contribution is 2.46. The molecular formula is C15H22O4. The van der Waals surface area contributed by atoms with Crippen molar-refractivity contribution < 1.29 is 19.8 Å². The lowest BCUT2D eigenvalue weighted by Crippen LogP contribution is -2.47. The molecule has 2 aliphatic rings. The highest BCUT2D eigenvalue weighted by atomic mass is 16.3. The lowest BCUT2D eigenvalue weighted by atomic mass is 9.77. The van der Waals surface area contributed by atoms with E-state index in [4.69, 9.17) is 0 Å². The molecule has 106 valence electrons. The third kappa shape index (κ3) is 2.28. The standard InChI is InChI=1S/C15H22O4/c1-8(2)10-5-11-9(3)4-12(17)14(11)15(19,7-16)6-13(10)18/h5,8-9,11,14,16,19H,4,6-7H2,1-3H3/t9-,11-,14+,15-/m1/s1. The summed E-state index contributed by atoms with van der Waals surface area (Å²) in [4.78, 5) is 24.3. The van der Waals surface area contributed by atoms with E-state index in [1.54, 1.807) is 0 Å². The van der Waals surface area contributed by atoms with Gasteiger partial charge in [0.25, 0.3) is 0 Å². The van der Waals surface area contributed by atoms with E-state index in [2.05, 4.69) is 0 Å². The summed E-state index contributed by atoms with van der Waals surface area (Å²) in [5.74, 6) is -0.808. The first-order valence-corrected chi connectivity index (χ1v) is 6.91. The van der Waals surface area contributed by atoms with E-state index in [1.165, 1.54) is 0 Å². The molecule has 0 radical (unpaired) electrons. The molecule has 0 bridgehead atoms. The van der Waals surface area contributed by atoms with E-state index in [1.807, 2.05) is 26.8 Å². The van der Waals surface area contributed by atoms with Crippen molar-refractivity contribution in [2.24, 2.45) is 23.7 Å². The van der Waals surface area contributed by atoms with Crippen molar-refractivity contribution in [2.45, 2.75) is 39.2 Å². The van der Waals surface area contributed by atoms with E-state index in [0.717, 1.165) is 0 Å². The number of aliphatic hydroxyl groups excluding tert-OH is 1. The maximum Gasteiger partial charge on any atom is 0.161 e. The van der Waals surface area contributed by atoms with Crippen molar-refractivity contribution in [1.29, 1.82) is 0 Å². The Morgan fingerprint density at radius 1 is 1.42 bits per heavy atom. The molecular weight excluding hydrogens is 244 g/mol. The number of hydrogen-bond acceptors (Lipinski definition) is 4. The summed E-state index contributed by atoms with van der Waals surface area (Å²) in [6.07, 6.45) is 2.13. The van der Waals surface area contributed by atoms with Gasteiger partial charge in [0.2, 0.25) is 0 Å². The van der Waals surface area contributed by atoms with Gasteiger partial charge in [-0.3, -0.25) is 9.59 Å². The van der Waals surface area contributed by atoms with Gasteiger partial charge in [-0.1, -0.05) is 26.8 Å². The molecule has 4 heteroatoms. The second-order valence-corrected chi connectivity index (χ2v) is 6.34. The topological polar surface area (TPSA) is 74.6 Å². The molecule has 4 nitrogen and oxygen atoms in total. The van der Waals surface area contributed by atoms with Crippen molar-refractivity contribution in [2.75, 3.05) is 6.61 Å². The average Bonchev–Trinajstić information content (AvgIpc) is 2.52. The van der Waals surface area contributed by atoms with Crippen LogP contribution in [0.1, 0.15) is 33.6 Å². The van der Waals surface area contributed by atoms with Crippen molar-refractivity contribution in [3.8, 4) is 0 Å². The maximum atomic E-state index is 12.2. The molecule has 0 spiro atoms. The number of carbonyl (C=O) groups is 2. The second kappa shape index (κ2) is 4.84. The first-order valence-electron chi connectivity index (χ1n) is 6.91. The number of aliphatic hydroxyl groups is 2. The molecule has 19 heavy (non-hydrogen) atoms. The van der Waals surface area contributed by atoms with Crippen LogP contribution in [0.15, 0.2) is 11.6 Å². The summed E-state index contributed by atoms with van der Waals surface area (Å²) in [5.41, 5.74) is -0.919. The fourth-order valence-electron chi connectivity index (χ4n) is 3.50. The van der Waals surface area contributed by atoms with Crippen LogP contribution < -0.4 is 0 Å². The number of fused-ring (bicyclic) bond motifs is 1. The van der Waals surface area contributed by atoms with Gasteiger partial charge < -0.3 is 10.2 Å². The Morgan fingerprint density at radius 3 is 2.58 bits per heavy atom. The molecule has 1 fully saturated rings. The van der Waals surface area contributed by atoms with E-state index in [-0.39, 0.29) is 35.7 Å². The average molecular weight is 266 g/mol. The smallest absolute Gasteiger partial charge is 0.161 e. The zero-order chi connectivity index (χ0) is 14.4. The summed E-state index contributed by atoms with van der Waals surface area (Å²) in [6, 6.07) is 0. The highest BCUT2D eigenvalue weighted by molar-refractivity contribution is 5.98. The van der Waals surface area contributed by atoms with E-state index in [0.29, 0.717) is 12.0 Å². The molecule has 0 saturated heterocycles. The van der Waals surface area contributed by atoms with E-state index < -0.39 is 18.1 Å². The number of hydrogen-bond donors (Lipinski definition) is 2. The third-order valence-corrected chi connectivity index (χ3v) is 4.55. The molecule has 0 aliphatic heterocycles. The van der Waals surface area contributed by atoms with Crippen LogP contribution in [-0.4, -0.2) is 34.0 Å². The predicted octanol–water partition coefficient (Wildman–Crippen LogP) is 1.11. The Labute approximate surface area is 113 Å². The van der Waals surface area contributed by atoms with Crippen LogP contribution >= 0.6 is 0 Å². The minimum atomic E-state index is -1.60. The van der Waals surface area contributed by atoms with Crippen molar-refractivity contribution in [1.82, 2.24) is 0 Å². The lowest BCUT2D eigenvalue weighted by Gasteiger charge is -2.32. The number of ketones is 2. The molecule has 2 rings (SSSR count). The number of allylic oxidation sites excluding steroid dienone is 2. The van der Waals surface area contributed by atoms with Gasteiger partial charge in [0, 0.05) is 12.8 Å². The van der Waals surface area contributed by atoms with Crippen LogP contribution in [0.25, 0.3) is 0 Å². The fourth-order valence-corrected chi connectivity index (χ4v) is 3.50. The minimum Gasteiger partial charge on any atom is -0.393 e. The fraction of sp³-hybridized carbons (Fsp3) is 0.733. The summed E-state index contributed by atoms with van der Waals surface area (Å²) >= 11 is 0. The van der Waals surface area contributed by atoms with Crippen LogP contribution in [0.4, 0.5) is 0 Å². The molecule has 2 N–H and O–H groups in total. The van der Waals surface area contributed by atoms with Crippen LogP contribution in [0, 0.1) is 23.7 Å². The Balaban J connectivity index is 2.51. The van der Waals surface area contributed by atoms with Crippen molar-refractivity contribution >= 4 is 11.6 Å². The van der Waals surface area contributed by atoms with Crippen LogP contribution in [0.2, 0.25) is 0 Å². The van der Waals surface area contributed by atoms with Crippen LogP contribution in [0.5, 0.6) is 0 Å². The second-order valence-electron chi connectivity index (χ2n) is 6.34. The van der Waals surface area contributed by atoms with Crippen molar-refractivity contribution in [3.63, 3.8) is 0 Å². The van der Waals surface area contributed by atoms with Gasteiger partial charge in [-0.2, -0.15) is 0 Å². The number of rotatable bonds is 2.